The largest absolute Gasteiger partial charge is 0.535 e. The first-order valence-corrected chi connectivity index (χ1v) is 6.97. The summed E-state index contributed by atoms with van der Waals surface area (Å²) in [6.07, 6.45) is 0. The molecule has 64 valence electrons. The summed E-state index contributed by atoms with van der Waals surface area (Å²) in [5.41, 5.74) is 0. The van der Waals surface area contributed by atoms with Gasteiger partial charge < -0.3 is 4.43 Å². The second kappa shape index (κ2) is 3.66. The van der Waals surface area contributed by atoms with E-state index in [2.05, 4.69) is 4.99 Å². The highest BCUT2D eigenvalue weighted by molar-refractivity contribution is 6.71. The summed E-state index contributed by atoms with van der Waals surface area (Å²) in [6.45, 7) is 9.27. The van der Waals surface area contributed by atoms with Gasteiger partial charge in [0.2, 0.25) is 14.2 Å². The maximum Gasteiger partial charge on any atom is 0.245 e. The molecule has 0 unspecified atom stereocenters. The third-order valence-electron chi connectivity index (χ3n) is 0.769. The molecule has 0 heterocycles. The molecular formula is C7H15NO2Si. The maximum atomic E-state index is 10.5. The molecule has 0 fully saturated rings. The zero-order valence-electron chi connectivity index (χ0n) is 7.76. The van der Waals surface area contributed by atoms with Crippen molar-refractivity contribution in [3.05, 3.63) is 0 Å². The summed E-state index contributed by atoms with van der Waals surface area (Å²) in [5.74, 6) is 0.275. The zero-order chi connectivity index (χ0) is 9.07. The van der Waals surface area contributed by atoms with E-state index < -0.39 is 8.32 Å². The van der Waals surface area contributed by atoms with Crippen molar-refractivity contribution < 1.29 is 9.22 Å². The average molecular weight is 173 g/mol. The minimum atomic E-state index is -1.57. The molecule has 0 aliphatic rings. The molecule has 0 saturated heterocycles. The average Bonchev–Trinajstić information content (AvgIpc) is 1.53. The Labute approximate surface area is 68.6 Å². The Kier molecular flexibility index (Phi) is 3.45. The van der Waals surface area contributed by atoms with Gasteiger partial charge >= 0.3 is 0 Å². The quantitative estimate of drug-likeness (QED) is 0.344. The molecule has 0 N–H and O–H groups in total. The van der Waals surface area contributed by atoms with Gasteiger partial charge in [-0.25, -0.2) is 0 Å². The Hall–Kier alpha value is -0.643. The van der Waals surface area contributed by atoms with Gasteiger partial charge in [-0.3, -0.25) is 4.79 Å². The van der Waals surface area contributed by atoms with Crippen LogP contribution >= 0.6 is 0 Å². The van der Waals surface area contributed by atoms with Gasteiger partial charge in [-0.05, 0) is 19.6 Å². The molecule has 0 aromatic rings. The van der Waals surface area contributed by atoms with Crippen LogP contribution in [0.25, 0.3) is 0 Å². The number of nitrogens with zero attached hydrogens (tertiary/aromatic N) is 1. The highest BCUT2D eigenvalue weighted by atomic mass is 28.4. The fraction of sp³-hybridized carbons (Fsp3) is 0.714. The lowest BCUT2D eigenvalue weighted by Crippen LogP contribution is -2.28. The Balaban J connectivity index is 4.07. The van der Waals surface area contributed by atoms with E-state index in [1.807, 2.05) is 19.6 Å². The van der Waals surface area contributed by atoms with E-state index in [0.717, 1.165) is 0 Å². The summed E-state index contributed by atoms with van der Waals surface area (Å²) >= 11 is 0. The minimum absolute atomic E-state index is 0.208. The summed E-state index contributed by atoms with van der Waals surface area (Å²) < 4.78 is 5.42. The van der Waals surface area contributed by atoms with Gasteiger partial charge in [0.05, 0.1) is 0 Å². The van der Waals surface area contributed by atoms with Gasteiger partial charge in [0.25, 0.3) is 0 Å². The predicted molar refractivity (Wildman–Crippen MR) is 48.2 cm³/mol. The fourth-order valence-electron chi connectivity index (χ4n) is 0.688. The number of carbonyl (C=O) groups is 1. The molecule has 4 heteroatoms. The van der Waals surface area contributed by atoms with Gasteiger partial charge in [-0.1, -0.05) is 0 Å². The fourth-order valence-corrected chi connectivity index (χ4v) is 1.62. The molecule has 0 bridgehead atoms. The van der Waals surface area contributed by atoms with E-state index in [4.69, 9.17) is 4.43 Å². The topological polar surface area (TPSA) is 38.7 Å². The van der Waals surface area contributed by atoms with Crippen LogP contribution < -0.4 is 0 Å². The third-order valence-corrected chi connectivity index (χ3v) is 1.68. The van der Waals surface area contributed by atoms with Gasteiger partial charge in [-0.2, -0.15) is 4.99 Å². The maximum absolute atomic E-state index is 10.5. The number of carbonyl (C=O) groups excluding carboxylic acids is 1. The van der Waals surface area contributed by atoms with Crippen molar-refractivity contribution in [1.29, 1.82) is 0 Å². The minimum Gasteiger partial charge on any atom is -0.535 e. The lowest BCUT2D eigenvalue weighted by atomic mass is 10.7. The van der Waals surface area contributed by atoms with Gasteiger partial charge in [0.15, 0.2) is 5.90 Å². The molecule has 0 radical (unpaired) electrons. The molecule has 0 aromatic heterocycles. The first-order chi connectivity index (χ1) is 4.81. The van der Waals surface area contributed by atoms with Crippen molar-refractivity contribution in [3.63, 3.8) is 0 Å². The van der Waals surface area contributed by atoms with E-state index in [1.165, 1.54) is 6.92 Å². The van der Waals surface area contributed by atoms with E-state index in [-0.39, 0.29) is 5.91 Å². The van der Waals surface area contributed by atoms with Crippen LogP contribution in [0.3, 0.4) is 0 Å². The molecule has 1 amide bonds. The molecule has 0 rings (SSSR count). The molecule has 0 aliphatic carbocycles. The molecule has 0 aliphatic heterocycles. The molecular weight excluding hydrogens is 158 g/mol. The SMILES string of the molecule is CC(=O)N=C(C)O[Si](C)(C)C. The monoisotopic (exact) mass is 173 g/mol. The molecule has 11 heavy (non-hydrogen) atoms. The van der Waals surface area contributed by atoms with Gasteiger partial charge in [-0.15, -0.1) is 0 Å². The van der Waals surface area contributed by atoms with Crippen LogP contribution in [0.15, 0.2) is 4.99 Å². The normalized spacial score (nSPS) is 13.0. The highest BCUT2D eigenvalue weighted by Gasteiger charge is 2.16. The Morgan fingerprint density at radius 1 is 1.27 bits per heavy atom. The summed E-state index contributed by atoms with van der Waals surface area (Å²) in [5, 5.41) is 0. The zero-order valence-corrected chi connectivity index (χ0v) is 8.76. The molecule has 0 saturated carbocycles. The summed E-state index contributed by atoms with van der Waals surface area (Å²) in [4.78, 5) is 14.1. The summed E-state index contributed by atoms with van der Waals surface area (Å²) in [6, 6.07) is 0. The van der Waals surface area contributed by atoms with Crippen LogP contribution in [0.4, 0.5) is 0 Å². The smallest absolute Gasteiger partial charge is 0.245 e. The second-order valence-corrected chi connectivity index (χ2v) is 7.79. The van der Waals surface area contributed by atoms with Crippen molar-refractivity contribution >= 4 is 20.1 Å². The number of aliphatic imine (C=N–C) groups is 1. The van der Waals surface area contributed by atoms with Crippen LogP contribution in [0.1, 0.15) is 13.8 Å². The van der Waals surface area contributed by atoms with Crippen molar-refractivity contribution in [1.82, 2.24) is 0 Å². The lowest BCUT2D eigenvalue weighted by Gasteiger charge is -2.17. The van der Waals surface area contributed by atoms with Crippen LogP contribution in [0.5, 0.6) is 0 Å². The molecule has 0 spiro atoms. The van der Waals surface area contributed by atoms with Crippen molar-refractivity contribution in [2.45, 2.75) is 33.5 Å². The molecule has 3 nitrogen and oxygen atoms in total. The highest BCUT2D eigenvalue weighted by Crippen LogP contribution is 2.03. The molecule has 0 aromatic carbocycles. The summed E-state index contributed by atoms with van der Waals surface area (Å²) in [7, 11) is -1.57. The standard InChI is InChI=1S/C7H15NO2Si/c1-6(9)8-7(2)10-11(3,4)5/h1-5H3. The van der Waals surface area contributed by atoms with E-state index >= 15 is 0 Å². The number of amides is 1. The van der Waals surface area contributed by atoms with Gasteiger partial charge in [0, 0.05) is 13.8 Å². The first-order valence-electron chi connectivity index (χ1n) is 3.56. The van der Waals surface area contributed by atoms with Crippen molar-refractivity contribution in [3.8, 4) is 0 Å². The number of hydrogen-bond donors (Lipinski definition) is 0. The van der Waals surface area contributed by atoms with E-state index in [9.17, 15) is 4.79 Å². The van der Waals surface area contributed by atoms with Gasteiger partial charge in [0.1, 0.15) is 0 Å². The lowest BCUT2D eigenvalue weighted by molar-refractivity contribution is -0.115. The van der Waals surface area contributed by atoms with Crippen molar-refractivity contribution in [2.75, 3.05) is 0 Å². The number of rotatable bonds is 1. The van der Waals surface area contributed by atoms with Crippen LogP contribution in [0, 0.1) is 0 Å². The van der Waals surface area contributed by atoms with Crippen LogP contribution in [-0.4, -0.2) is 20.1 Å². The molecule has 0 atom stereocenters. The third kappa shape index (κ3) is 7.25. The Morgan fingerprint density at radius 3 is 2.00 bits per heavy atom. The second-order valence-electron chi connectivity index (χ2n) is 3.36. The van der Waals surface area contributed by atoms with Crippen LogP contribution in [-0.2, 0) is 9.22 Å². The van der Waals surface area contributed by atoms with E-state index in [1.54, 1.807) is 6.92 Å². The number of hydrogen-bond acceptors (Lipinski definition) is 2. The van der Waals surface area contributed by atoms with Crippen LogP contribution in [0.2, 0.25) is 19.6 Å². The Morgan fingerprint density at radius 2 is 1.73 bits per heavy atom. The first kappa shape index (κ1) is 10.4. The Bertz CT molecular complexity index is 181. The van der Waals surface area contributed by atoms with E-state index in [0.29, 0.717) is 5.90 Å². The van der Waals surface area contributed by atoms with Crippen molar-refractivity contribution in [2.24, 2.45) is 4.99 Å². The predicted octanol–water partition coefficient (Wildman–Crippen LogP) is 1.80.